The summed E-state index contributed by atoms with van der Waals surface area (Å²) in [5.41, 5.74) is 1.44. The van der Waals surface area contributed by atoms with Crippen molar-refractivity contribution in [1.82, 2.24) is 14.9 Å². The van der Waals surface area contributed by atoms with Crippen LogP contribution in [0, 0.1) is 0 Å². The monoisotopic (exact) mass is 284 g/mol. The molecule has 21 heavy (non-hydrogen) atoms. The van der Waals surface area contributed by atoms with E-state index in [2.05, 4.69) is 22.2 Å². The summed E-state index contributed by atoms with van der Waals surface area (Å²) in [7, 11) is 1.76. The molecule has 0 atom stereocenters. The SMILES string of the molecule is CCCNc1ccc(C(=O)N(C)Cc2ccccn2)cn1. The van der Waals surface area contributed by atoms with Crippen LogP contribution in [0.25, 0.3) is 0 Å². The summed E-state index contributed by atoms with van der Waals surface area (Å²) in [4.78, 5) is 22.4. The number of anilines is 1. The van der Waals surface area contributed by atoms with E-state index < -0.39 is 0 Å². The van der Waals surface area contributed by atoms with Gasteiger partial charge in [0.05, 0.1) is 17.8 Å². The van der Waals surface area contributed by atoms with Crippen LogP contribution in [-0.2, 0) is 6.54 Å². The Hall–Kier alpha value is -2.43. The number of carbonyl (C=O) groups is 1. The molecule has 0 unspecified atom stereocenters. The van der Waals surface area contributed by atoms with E-state index in [4.69, 9.17) is 0 Å². The van der Waals surface area contributed by atoms with Gasteiger partial charge in [-0.05, 0) is 30.7 Å². The van der Waals surface area contributed by atoms with Gasteiger partial charge in [-0.1, -0.05) is 13.0 Å². The lowest BCUT2D eigenvalue weighted by atomic mass is 10.2. The van der Waals surface area contributed by atoms with E-state index in [1.807, 2.05) is 24.3 Å². The normalized spacial score (nSPS) is 10.2. The van der Waals surface area contributed by atoms with Crippen molar-refractivity contribution < 1.29 is 4.79 Å². The number of hydrogen-bond donors (Lipinski definition) is 1. The molecule has 1 amide bonds. The minimum absolute atomic E-state index is 0.0600. The molecule has 2 aromatic rings. The average molecular weight is 284 g/mol. The van der Waals surface area contributed by atoms with Crippen LogP contribution in [0.2, 0.25) is 0 Å². The van der Waals surface area contributed by atoms with E-state index in [0.29, 0.717) is 12.1 Å². The maximum absolute atomic E-state index is 12.3. The van der Waals surface area contributed by atoms with Crippen LogP contribution in [0.4, 0.5) is 5.82 Å². The smallest absolute Gasteiger partial charge is 0.255 e. The summed E-state index contributed by atoms with van der Waals surface area (Å²) in [5.74, 6) is 0.732. The third-order valence-electron chi connectivity index (χ3n) is 3.04. The van der Waals surface area contributed by atoms with Gasteiger partial charge in [0.25, 0.3) is 5.91 Å². The maximum Gasteiger partial charge on any atom is 0.255 e. The Bertz CT molecular complexity index is 569. The van der Waals surface area contributed by atoms with Gasteiger partial charge in [0, 0.05) is 26.0 Å². The quantitative estimate of drug-likeness (QED) is 0.885. The van der Waals surface area contributed by atoms with Gasteiger partial charge in [-0.25, -0.2) is 4.98 Å². The summed E-state index contributed by atoms with van der Waals surface area (Å²) in [6.07, 6.45) is 4.37. The van der Waals surface area contributed by atoms with Gasteiger partial charge in [-0.3, -0.25) is 9.78 Å². The third kappa shape index (κ3) is 4.27. The maximum atomic E-state index is 12.3. The zero-order valence-corrected chi connectivity index (χ0v) is 12.4. The summed E-state index contributed by atoms with van der Waals surface area (Å²) >= 11 is 0. The number of pyridine rings is 2. The predicted molar refractivity (Wildman–Crippen MR) is 83.1 cm³/mol. The van der Waals surface area contributed by atoms with Gasteiger partial charge in [-0.15, -0.1) is 0 Å². The largest absolute Gasteiger partial charge is 0.370 e. The first-order valence-corrected chi connectivity index (χ1v) is 7.06. The fourth-order valence-electron chi connectivity index (χ4n) is 1.90. The molecule has 0 fully saturated rings. The van der Waals surface area contributed by atoms with E-state index in [-0.39, 0.29) is 5.91 Å². The van der Waals surface area contributed by atoms with Crippen molar-refractivity contribution in [2.24, 2.45) is 0 Å². The minimum Gasteiger partial charge on any atom is -0.370 e. The van der Waals surface area contributed by atoms with Gasteiger partial charge >= 0.3 is 0 Å². The Kier molecular flexibility index (Phi) is 5.26. The summed E-state index contributed by atoms with van der Waals surface area (Å²) in [6.45, 7) is 3.45. The highest BCUT2D eigenvalue weighted by atomic mass is 16.2. The summed E-state index contributed by atoms with van der Waals surface area (Å²) < 4.78 is 0. The van der Waals surface area contributed by atoms with Crippen LogP contribution in [-0.4, -0.2) is 34.4 Å². The Morgan fingerprint density at radius 3 is 2.71 bits per heavy atom. The predicted octanol–water partition coefficient (Wildman–Crippen LogP) is 2.57. The Balaban J connectivity index is 1.98. The van der Waals surface area contributed by atoms with E-state index in [1.165, 1.54) is 0 Å². The first kappa shape index (κ1) is 15.0. The average Bonchev–Trinajstić information content (AvgIpc) is 2.53. The van der Waals surface area contributed by atoms with Crippen molar-refractivity contribution in [2.75, 3.05) is 18.9 Å². The van der Waals surface area contributed by atoms with Crippen LogP contribution >= 0.6 is 0 Å². The van der Waals surface area contributed by atoms with Crippen LogP contribution < -0.4 is 5.32 Å². The Morgan fingerprint density at radius 1 is 1.24 bits per heavy atom. The molecule has 5 heteroatoms. The second-order valence-electron chi connectivity index (χ2n) is 4.84. The number of nitrogens with one attached hydrogen (secondary N) is 1. The van der Waals surface area contributed by atoms with E-state index >= 15 is 0 Å². The van der Waals surface area contributed by atoms with Crippen molar-refractivity contribution in [2.45, 2.75) is 19.9 Å². The lowest BCUT2D eigenvalue weighted by Crippen LogP contribution is -2.26. The third-order valence-corrected chi connectivity index (χ3v) is 3.04. The highest BCUT2D eigenvalue weighted by Crippen LogP contribution is 2.09. The fraction of sp³-hybridized carbons (Fsp3) is 0.312. The van der Waals surface area contributed by atoms with Crippen LogP contribution in [0.15, 0.2) is 42.7 Å². The molecule has 0 aromatic carbocycles. The minimum atomic E-state index is -0.0600. The molecule has 0 saturated heterocycles. The van der Waals surface area contributed by atoms with Crippen LogP contribution in [0.1, 0.15) is 29.4 Å². The second-order valence-corrected chi connectivity index (χ2v) is 4.84. The molecule has 5 nitrogen and oxygen atoms in total. The lowest BCUT2D eigenvalue weighted by molar-refractivity contribution is 0.0783. The van der Waals surface area contributed by atoms with E-state index in [1.54, 1.807) is 30.4 Å². The van der Waals surface area contributed by atoms with Crippen LogP contribution in [0.5, 0.6) is 0 Å². The Morgan fingerprint density at radius 2 is 2.10 bits per heavy atom. The molecule has 0 saturated carbocycles. The molecule has 2 heterocycles. The fourth-order valence-corrected chi connectivity index (χ4v) is 1.90. The van der Waals surface area contributed by atoms with Gasteiger partial charge in [0.1, 0.15) is 5.82 Å². The number of nitrogens with zero attached hydrogens (tertiary/aromatic N) is 3. The topological polar surface area (TPSA) is 58.1 Å². The molecule has 0 bridgehead atoms. The molecule has 0 spiro atoms. The molecule has 2 rings (SSSR count). The van der Waals surface area contributed by atoms with Crippen molar-refractivity contribution in [3.8, 4) is 0 Å². The number of rotatable bonds is 6. The zero-order valence-electron chi connectivity index (χ0n) is 12.4. The molecule has 0 aliphatic heterocycles. The van der Waals surface area contributed by atoms with Gasteiger partial charge < -0.3 is 10.2 Å². The molecule has 1 N–H and O–H groups in total. The zero-order chi connectivity index (χ0) is 15.1. The van der Waals surface area contributed by atoms with Gasteiger partial charge in [0.15, 0.2) is 0 Å². The molecule has 0 aliphatic carbocycles. The Labute approximate surface area is 125 Å². The van der Waals surface area contributed by atoms with Crippen molar-refractivity contribution in [1.29, 1.82) is 0 Å². The molecular weight excluding hydrogens is 264 g/mol. The highest BCUT2D eigenvalue weighted by Gasteiger charge is 2.12. The van der Waals surface area contributed by atoms with Gasteiger partial charge in [-0.2, -0.15) is 0 Å². The van der Waals surface area contributed by atoms with E-state index in [0.717, 1.165) is 24.5 Å². The second kappa shape index (κ2) is 7.38. The van der Waals surface area contributed by atoms with Crippen molar-refractivity contribution >= 4 is 11.7 Å². The number of hydrogen-bond acceptors (Lipinski definition) is 4. The number of amides is 1. The number of carbonyl (C=O) groups excluding carboxylic acids is 1. The molecule has 0 aliphatic rings. The van der Waals surface area contributed by atoms with Crippen LogP contribution in [0.3, 0.4) is 0 Å². The lowest BCUT2D eigenvalue weighted by Gasteiger charge is -2.16. The van der Waals surface area contributed by atoms with Crippen molar-refractivity contribution in [3.63, 3.8) is 0 Å². The summed E-state index contributed by atoms with van der Waals surface area (Å²) in [5, 5.41) is 3.18. The standard InChI is InChI=1S/C16H20N4O/c1-3-9-18-15-8-7-13(11-19-15)16(21)20(2)12-14-6-4-5-10-17-14/h4-8,10-11H,3,9,12H2,1-2H3,(H,18,19). The first-order chi connectivity index (χ1) is 10.2. The first-order valence-electron chi connectivity index (χ1n) is 7.06. The number of aromatic nitrogens is 2. The van der Waals surface area contributed by atoms with Gasteiger partial charge in [0.2, 0.25) is 0 Å². The molecule has 110 valence electrons. The van der Waals surface area contributed by atoms with Crippen molar-refractivity contribution in [3.05, 3.63) is 54.0 Å². The van der Waals surface area contributed by atoms with E-state index in [9.17, 15) is 4.79 Å². The summed E-state index contributed by atoms with van der Waals surface area (Å²) in [6, 6.07) is 9.30. The molecular formula is C16H20N4O. The highest BCUT2D eigenvalue weighted by molar-refractivity contribution is 5.93. The molecule has 0 radical (unpaired) electrons. The molecule has 2 aromatic heterocycles.